The van der Waals surface area contributed by atoms with Crippen molar-refractivity contribution in [1.29, 1.82) is 0 Å². The third-order valence-corrected chi connectivity index (χ3v) is 11.8. The average Bonchev–Trinajstić information content (AvgIpc) is 3.09. The van der Waals surface area contributed by atoms with Gasteiger partial charge in [0.05, 0.1) is 21.3 Å². The Morgan fingerprint density at radius 2 is 1.78 bits per heavy atom. The number of Topliss-reactive ketones (excluding diaryl/α,β-unsaturated/α-hetero) is 1. The molecule has 1 aliphatic heterocycles. The minimum atomic E-state index is -4.07. The third kappa shape index (κ3) is 6.02. The van der Waals surface area contributed by atoms with Crippen molar-refractivity contribution in [3.05, 3.63) is 33.8 Å². The fourth-order valence-electron chi connectivity index (χ4n) is 6.95. The molecule has 4 aliphatic carbocycles. The highest BCUT2D eigenvalue weighted by atomic mass is 35.5. The molecule has 1 aromatic rings. The maximum absolute atomic E-state index is 13.6. The predicted molar refractivity (Wildman–Crippen MR) is 150 cm³/mol. The van der Waals surface area contributed by atoms with Gasteiger partial charge in [-0.3, -0.25) is 9.79 Å². The summed E-state index contributed by atoms with van der Waals surface area (Å²) in [5.41, 5.74) is -1.25. The summed E-state index contributed by atoms with van der Waals surface area (Å²) < 4.78 is 81.9. The Bertz CT molecular complexity index is 1350. The fraction of sp³-hybridized carbons (Fsp3) is 0.714. The Balaban J connectivity index is 1.30. The molecule has 0 radical (unpaired) electrons. The fourth-order valence-corrected chi connectivity index (χ4v) is 9.23. The van der Waals surface area contributed by atoms with E-state index >= 15 is 0 Å². The summed E-state index contributed by atoms with van der Waals surface area (Å²) in [7, 11) is -4.07. The van der Waals surface area contributed by atoms with Crippen molar-refractivity contribution in [3.8, 4) is 0 Å². The molecule has 2 bridgehead atoms. The Kier molecular flexibility index (Phi) is 7.61. The monoisotopic (exact) mass is 639 g/mol. The van der Waals surface area contributed by atoms with Crippen LogP contribution in [-0.2, 0) is 21.4 Å². The van der Waals surface area contributed by atoms with Gasteiger partial charge in [0.2, 0.25) is 21.9 Å². The topological polar surface area (TPSA) is 78.8 Å². The van der Waals surface area contributed by atoms with Crippen molar-refractivity contribution < 1.29 is 30.8 Å². The van der Waals surface area contributed by atoms with Crippen molar-refractivity contribution in [2.45, 2.75) is 108 Å². The van der Waals surface area contributed by atoms with Crippen molar-refractivity contribution in [2.24, 2.45) is 16.3 Å². The van der Waals surface area contributed by atoms with E-state index in [0.717, 1.165) is 0 Å². The molecule has 6 nitrogen and oxygen atoms in total. The van der Waals surface area contributed by atoms with Gasteiger partial charge in [0, 0.05) is 43.2 Å². The largest absolute Gasteiger partial charge is 0.366 e. The molecular formula is C28H35Cl2F4N3O3S. The second-order valence-electron chi connectivity index (χ2n) is 13.3. The van der Waals surface area contributed by atoms with Gasteiger partial charge in [-0.25, -0.2) is 26.0 Å². The smallest absolute Gasteiger partial charge is 0.248 e. The number of amidine groups is 1. The zero-order valence-corrected chi connectivity index (χ0v) is 25.6. The Labute approximate surface area is 248 Å². The molecule has 1 atom stereocenters. The highest BCUT2D eigenvalue weighted by Crippen LogP contribution is 2.71. The Hall–Kier alpha value is -1.43. The molecule has 0 unspecified atom stereocenters. The van der Waals surface area contributed by atoms with Crippen LogP contribution in [0, 0.1) is 11.3 Å². The van der Waals surface area contributed by atoms with Crippen LogP contribution in [0.2, 0.25) is 10.0 Å². The lowest BCUT2D eigenvalue weighted by Gasteiger charge is -2.73. The van der Waals surface area contributed by atoms with Crippen LogP contribution in [0.15, 0.2) is 23.2 Å². The number of carbonyl (C=O) groups is 1. The number of nitrogens with zero attached hydrogens (tertiary/aromatic N) is 2. The number of carbonyl (C=O) groups excluding carboxylic acids is 1. The first kappa shape index (κ1) is 31.0. The summed E-state index contributed by atoms with van der Waals surface area (Å²) in [6, 6.07) is 4.15. The molecule has 228 valence electrons. The maximum Gasteiger partial charge on any atom is 0.248 e. The summed E-state index contributed by atoms with van der Waals surface area (Å²) in [5.74, 6) is -6.03. The highest BCUT2D eigenvalue weighted by molar-refractivity contribution is 7.89. The predicted octanol–water partition coefficient (Wildman–Crippen LogP) is 6.64. The summed E-state index contributed by atoms with van der Waals surface area (Å²) in [6.45, 7) is 4.41. The Morgan fingerprint density at radius 3 is 2.34 bits per heavy atom. The molecule has 6 rings (SSSR count). The van der Waals surface area contributed by atoms with Crippen molar-refractivity contribution in [3.63, 3.8) is 0 Å². The molecule has 4 saturated carbocycles. The molecule has 0 amide bonds. The maximum atomic E-state index is 13.6. The first-order valence-electron chi connectivity index (χ1n) is 13.8. The van der Waals surface area contributed by atoms with E-state index in [0.29, 0.717) is 49.0 Å². The third-order valence-electron chi connectivity index (χ3n) is 9.14. The van der Waals surface area contributed by atoms with Gasteiger partial charge in [-0.05, 0) is 70.1 Å². The van der Waals surface area contributed by atoms with Crippen molar-refractivity contribution >= 4 is 44.8 Å². The molecule has 1 aromatic carbocycles. The second-order valence-corrected chi connectivity index (χ2v) is 16.1. The average molecular weight is 641 g/mol. The van der Waals surface area contributed by atoms with Crippen molar-refractivity contribution in [1.82, 2.24) is 9.62 Å². The lowest BCUT2D eigenvalue weighted by Crippen LogP contribution is -2.78. The highest BCUT2D eigenvalue weighted by Gasteiger charge is 2.75. The Morgan fingerprint density at radius 1 is 1.15 bits per heavy atom. The van der Waals surface area contributed by atoms with Gasteiger partial charge in [-0.1, -0.05) is 29.3 Å². The number of rotatable bonds is 12. The number of hydrogen-bond acceptors (Lipinski definition) is 5. The lowest BCUT2D eigenvalue weighted by molar-refractivity contribution is -0.151. The molecular weight excluding hydrogens is 605 g/mol. The van der Waals surface area contributed by atoms with Crippen LogP contribution in [0.3, 0.4) is 0 Å². The summed E-state index contributed by atoms with van der Waals surface area (Å²) in [6.07, 6.45) is 0.794. The normalized spacial score (nSPS) is 30.2. The summed E-state index contributed by atoms with van der Waals surface area (Å²) in [5, 5.41) is 3.97. The van der Waals surface area contributed by atoms with E-state index in [4.69, 9.17) is 28.2 Å². The van der Waals surface area contributed by atoms with Crippen molar-refractivity contribution in [2.75, 3.05) is 5.75 Å². The van der Waals surface area contributed by atoms with E-state index in [2.05, 4.69) is 5.32 Å². The molecule has 0 spiro atoms. The minimum Gasteiger partial charge on any atom is -0.366 e. The van der Waals surface area contributed by atoms with Gasteiger partial charge in [0.25, 0.3) is 0 Å². The van der Waals surface area contributed by atoms with E-state index in [1.54, 1.807) is 18.2 Å². The quantitative estimate of drug-likeness (QED) is 0.260. The molecule has 13 heteroatoms. The van der Waals surface area contributed by atoms with Gasteiger partial charge >= 0.3 is 0 Å². The first-order chi connectivity index (χ1) is 18.7. The molecule has 1 N–H and O–H groups in total. The van der Waals surface area contributed by atoms with Crippen LogP contribution in [0.25, 0.3) is 0 Å². The van der Waals surface area contributed by atoms with E-state index < -0.39 is 56.6 Å². The van der Waals surface area contributed by atoms with Crippen LogP contribution >= 0.6 is 23.2 Å². The van der Waals surface area contributed by atoms with E-state index in [9.17, 15) is 30.8 Å². The van der Waals surface area contributed by atoms with Gasteiger partial charge in [-0.2, -0.15) is 4.31 Å². The minimum absolute atomic E-state index is 0.0304. The molecule has 5 aliphatic rings. The molecule has 41 heavy (non-hydrogen) atoms. The van der Waals surface area contributed by atoms with E-state index in [1.807, 2.05) is 13.8 Å². The molecule has 0 aromatic heterocycles. The van der Waals surface area contributed by atoms with Gasteiger partial charge < -0.3 is 5.32 Å². The van der Waals surface area contributed by atoms with Gasteiger partial charge in [0.15, 0.2) is 5.78 Å². The summed E-state index contributed by atoms with van der Waals surface area (Å²) in [4.78, 5) is 17.8. The zero-order valence-electron chi connectivity index (χ0n) is 23.3. The van der Waals surface area contributed by atoms with Gasteiger partial charge in [-0.15, -0.1) is 0 Å². The number of alkyl halides is 4. The molecule has 1 heterocycles. The van der Waals surface area contributed by atoms with E-state index in [-0.39, 0.29) is 42.5 Å². The molecule has 4 fully saturated rings. The number of benzene rings is 1. The van der Waals surface area contributed by atoms with Crippen LogP contribution in [0.5, 0.6) is 0 Å². The zero-order chi connectivity index (χ0) is 30.2. The first-order valence-corrected chi connectivity index (χ1v) is 16.2. The number of ketones is 1. The number of nitrogens with one attached hydrogen (secondary N) is 1. The van der Waals surface area contributed by atoms with Crippen LogP contribution in [0.4, 0.5) is 17.6 Å². The second kappa shape index (κ2) is 10.1. The van der Waals surface area contributed by atoms with Crippen LogP contribution < -0.4 is 5.32 Å². The van der Waals surface area contributed by atoms with Crippen LogP contribution in [-0.4, -0.2) is 59.1 Å². The molecule has 0 saturated heterocycles. The lowest BCUT2D eigenvalue weighted by atomic mass is 9.38. The number of halogens is 6. The van der Waals surface area contributed by atoms with Crippen LogP contribution in [0.1, 0.15) is 77.7 Å². The number of hydrogen-bond donors (Lipinski definition) is 1. The SMILES string of the molecule is CC(F)(F)CCS(=O)(=O)N(Cc1ccc(Cl)c(Cl)c1)C12CC(C3=N[C@@H](C(=O)CCC4CC(F)(F)C4)C(C)(C)N3)(C1)C2. The summed E-state index contributed by atoms with van der Waals surface area (Å²) >= 11 is 12.2. The van der Waals surface area contributed by atoms with E-state index in [1.165, 1.54) is 4.31 Å². The standard InChI is InChI=1S/C28H35Cl2F4N3O3S/c1-24(2)22(21(38)7-5-18-11-28(33,34)12-18)35-23(36-24)26-14-27(15-26,16-26)37(41(39,40)9-8-25(3,31)32)13-17-4-6-19(29)20(30)10-17/h4,6,10,18,22H,5,7-9,11-16H2,1-3H3,(H,35,36)/t22-,26?,27?/m0/s1. The number of sulfonamides is 1. The van der Waals surface area contributed by atoms with Gasteiger partial charge in [0.1, 0.15) is 11.9 Å². The number of aliphatic imine (C=N–C) groups is 1.